The third kappa shape index (κ3) is 3.23. The second-order valence-corrected chi connectivity index (χ2v) is 3.57. The maximum atomic E-state index is 10.8. The number of carboxylic acid groups (broad SMARTS) is 1. The molecular formula is C12H9N5O2. The molecule has 0 spiro atoms. The summed E-state index contributed by atoms with van der Waals surface area (Å²) in [6.07, 6.45) is 2.89. The van der Waals surface area contributed by atoms with Gasteiger partial charge in [-0.15, -0.1) is 0 Å². The second kappa shape index (κ2) is 5.55. The van der Waals surface area contributed by atoms with Crippen molar-refractivity contribution in [3.63, 3.8) is 0 Å². The number of aromatic nitrogens is 3. The first-order valence-electron chi connectivity index (χ1n) is 5.34. The molecule has 0 aliphatic carbocycles. The van der Waals surface area contributed by atoms with Crippen LogP contribution < -0.4 is 5.32 Å². The highest BCUT2D eigenvalue weighted by atomic mass is 16.4. The quantitative estimate of drug-likeness (QED) is 0.839. The first-order valence-corrected chi connectivity index (χ1v) is 5.34. The SMILES string of the molecule is N#Cc1ccnc(NCc2cc(C(=O)O)ccn2)n1. The van der Waals surface area contributed by atoms with Crippen molar-refractivity contribution < 1.29 is 9.90 Å². The van der Waals surface area contributed by atoms with Crippen molar-refractivity contribution in [1.29, 1.82) is 5.26 Å². The summed E-state index contributed by atoms with van der Waals surface area (Å²) in [6, 6.07) is 6.28. The molecule has 0 aliphatic rings. The average molecular weight is 255 g/mol. The van der Waals surface area contributed by atoms with Crippen molar-refractivity contribution in [2.45, 2.75) is 6.54 Å². The lowest BCUT2D eigenvalue weighted by Gasteiger charge is -2.04. The molecule has 2 rings (SSSR count). The highest BCUT2D eigenvalue weighted by Crippen LogP contribution is 2.05. The van der Waals surface area contributed by atoms with Crippen LogP contribution in [0.4, 0.5) is 5.95 Å². The van der Waals surface area contributed by atoms with E-state index in [9.17, 15) is 4.79 Å². The molecule has 7 heteroatoms. The third-order valence-corrected chi connectivity index (χ3v) is 2.26. The van der Waals surface area contributed by atoms with Crippen molar-refractivity contribution in [2.24, 2.45) is 0 Å². The van der Waals surface area contributed by atoms with E-state index in [1.54, 1.807) is 0 Å². The van der Waals surface area contributed by atoms with E-state index in [1.807, 2.05) is 6.07 Å². The van der Waals surface area contributed by atoms with Crippen LogP contribution in [-0.4, -0.2) is 26.0 Å². The summed E-state index contributed by atoms with van der Waals surface area (Å²) in [5, 5.41) is 20.4. The number of aromatic carboxylic acids is 1. The van der Waals surface area contributed by atoms with Crippen LogP contribution in [0.5, 0.6) is 0 Å². The van der Waals surface area contributed by atoms with Crippen LogP contribution in [0.2, 0.25) is 0 Å². The Kier molecular flexibility index (Phi) is 3.64. The fourth-order valence-electron chi connectivity index (χ4n) is 1.38. The van der Waals surface area contributed by atoms with Gasteiger partial charge < -0.3 is 10.4 Å². The fourth-order valence-corrected chi connectivity index (χ4v) is 1.38. The maximum Gasteiger partial charge on any atom is 0.335 e. The van der Waals surface area contributed by atoms with Gasteiger partial charge in [0.2, 0.25) is 5.95 Å². The minimum Gasteiger partial charge on any atom is -0.478 e. The number of carbonyl (C=O) groups is 1. The Balaban J connectivity index is 2.08. The van der Waals surface area contributed by atoms with Gasteiger partial charge in [-0.3, -0.25) is 4.98 Å². The van der Waals surface area contributed by atoms with Gasteiger partial charge in [-0.1, -0.05) is 0 Å². The topological polar surface area (TPSA) is 112 Å². The van der Waals surface area contributed by atoms with Gasteiger partial charge in [0.15, 0.2) is 0 Å². The summed E-state index contributed by atoms with van der Waals surface area (Å²) >= 11 is 0. The maximum absolute atomic E-state index is 10.8. The van der Waals surface area contributed by atoms with Crippen LogP contribution in [0, 0.1) is 11.3 Å². The van der Waals surface area contributed by atoms with E-state index in [2.05, 4.69) is 20.3 Å². The molecule has 7 nitrogen and oxygen atoms in total. The Morgan fingerprint density at radius 1 is 1.37 bits per heavy atom. The van der Waals surface area contributed by atoms with Crippen LogP contribution in [0.15, 0.2) is 30.6 Å². The summed E-state index contributed by atoms with van der Waals surface area (Å²) < 4.78 is 0. The monoisotopic (exact) mass is 255 g/mol. The molecule has 0 amide bonds. The molecule has 94 valence electrons. The van der Waals surface area contributed by atoms with Crippen LogP contribution in [0.25, 0.3) is 0 Å². The molecule has 2 aromatic rings. The molecule has 0 fully saturated rings. The summed E-state index contributed by atoms with van der Waals surface area (Å²) in [7, 11) is 0. The first-order chi connectivity index (χ1) is 9.19. The lowest BCUT2D eigenvalue weighted by Crippen LogP contribution is -2.07. The smallest absolute Gasteiger partial charge is 0.335 e. The molecule has 0 unspecified atom stereocenters. The number of rotatable bonds is 4. The highest BCUT2D eigenvalue weighted by molar-refractivity contribution is 5.87. The summed E-state index contributed by atoms with van der Waals surface area (Å²) in [5.74, 6) is -0.715. The van der Waals surface area contributed by atoms with Crippen LogP contribution in [0.3, 0.4) is 0 Å². The number of carboxylic acids is 1. The molecule has 2 heterocycles. The Bertz CT molecular complexity index is 651. The first kappa shape index (κ1) is 12.4. The summed E-state index contributed by atoms with van der Waals surface area (Å²) in [5.41, 5.74) is 0.967. The van der Waals surface area contributed by atoms with E-state index in [0.717, 1.165) is 0 Å². The lowest BCUT2D eigenvalue weighted by atomic mass is 10.2. The van der Waals surface area contributed by atoms with E-state index in [-0.39, 0.29) is 17.8 Å². The van der Waals surface area contributed by atoms with Crippen LogP contribution in [-0.2, 0) is 6.54 Å². The van der Waals surface area contributed by atoms with Gasteiger partial charge in [0.05, 0.1) is 17.8 Å². The zero-order chi connectivity index (χ0) is 13.7. The fraction of sp³-hybridized carbons (Fsp3) is 0.0833. The summed E-state index contributed by atoms with van der Waals surface area (Å²) in [6.45, 7) is 0.274. The molecule has 0 radical (unpaired) electrons. The number of pyridine rings is 1. The van der Waals surface area contributed by atoms with E-state index in [1.165, 1.54) is 30.6 Å². The predicted octanol–water partition coefficient (Wildman–Crippen LogP) is 1.05. The minimum absolute atomic E-state index is 0.165. The van der Waals surface area contributed by atoms with E-state index in [4.69, 9.17) is 10.4 Å². The molecule has 2 N–H and O–H groups in total. The molecule has 0 atom stereocenters. The molecule has 0 bridgehead atoms. The number of hydrogen-bond donors (Lipinski definition) is 2. The van der Waals surface area contributed by atoms with Crippen molar-refractivity contribution in [3.8, 4) is 6.07 Å². The van der Waals surface area contributed by atoms with Crippen molar-refractivity contribution in [2.75, 3.05) is 5.32 Å². The zero-order valence-electron chi connectivity index (χ0n) is 9.74. The van der Waals surface area contributed by atoms with Gasteiger partial charge in [0.25, 0.3) is 0 Å². The van der Waals surface area contributed by atoms with Gasteiger partial charge in [0.1, 0.15) is 11.8 Å². The van der Waals surface area contributed by atoms with Crippen LogP contribution >= 0.6 is 0 Å². The van der Waals surface area contributed by atoms with Gasteiger partial charge in [-0.2, -0.15) is 5.26 Å². The molecular weight excluding hydrogens is 246 g/mol. The van der Waals surface area contributed by atoms with Gasteiger partial charge in [-0.05, 0) is 18.2 Å². The van der Waals surface area contributed by atoms with E-state index >= 15 is 0 Å². The highest BCUT2D eigenvalue weighted by Gasteiger charge is 2.05. The third-order valence-electron chi connectivity index (χ3n) is 2.26. The average Bonchev–Trinajstić information content (AvgIpc) is 2.45. The number of nitrogens with zero attached hydrogens (tertiary/aromatic N) is 4. The minimum atomic E-state index is -1.01. The summed E-state index contributed by atoms with van der Waals surface area (Å²) in [4.78, 5) is 22.7. The van der Waals surface area contributed by atoms with Gasteiger partial charge in [0, 0.05) is 12.4 Å². The zero-order valence-corrected chi connectivity index (χ0v) is 9.74. The van der Waals surface area contributed by atoms with Crippen molar-refractivity contribution >= 4 is 11.9 Å². The van der Waals surface area contributed by atoms with E-state index < -0.39 is 5.97 Å². The Morgan fingerprint density at radius 3 is 2.89 bits per heavy atom. The van der Waals surface area contributed by atoms with E-state index in [0.29, 0.717) is 11.6 Å². The van der Waals surface area contributed by atoms with Gasteiger partial charge in [-0.25, -0.2) is 14.8 Å². The molecule has 2 aromatic heterocycles. The molecule has 0 aromatic carbocycles. The molecule has 0 aliphatic heterocycles. The van der Waals surface area contributed by atoms with Crippen molar-refractivity contribution in [1.82, 2.24) is 15.0 Å². The largest absolute Gasteiger partial charge is 0.478 e. The normalized spacial score (nSPS) is 9.63. The Hall–Kier alpha value is -3.01. The Labute approximate surface area is 108 Å². The number of anilines is 1. The number of hydrogen-bond acceptors (Lipinski definition) is 6. The van der Waals surface area contributed by atoms with Gasteiger partial charge >= 0.3 is 5.97 Å². The number of nitrogens with one attached hydrogen (secondary N) is 1. The predicted molar refractivity (Wildman–Crippen MR) is 65.3 cm³/mol. The molecule has 0 saturated carbocycles. The molecule has 19 heavy (non-hydrogen) atoms. The van der Waals surface area contributed by atoms with Crippen molar-refractivity contribution in [3.05, 3.63) is 47.5 Å². The molecule has 0 saturated heterocycles. The van der Waals surface area contributed by atoms with Crippen LogP contribution in [0.1, 0.15) is 21.7 Å². The number of nitriles is 1. The second-order valence-electron chi connectivity index (χ2n) is 3.57. The lowest BCUT2D eigenvalue weighted by molar-refractivity contribution is 0.0696. The Morgan fingerprint density at radius 2 is 2.16 bits per heavy atom. The standard InChI is InChI=1S/C12H9N5O2/c13-6-9-2-4-15-12(17-9)16-7-10-5-8(11(18)19)1-3-14-10/h1-5H,7H2,(H,18,19)(H,15,16,17).